The van der Waals surface area contributed by atoms with E-state index in [1.54, 1.807) is 0 Å². The van der Waals surface area contributed by atoms with Crippen molar-refractivity contribution in [1.82, 2.24) is 0 Å². The minimum atomic E-state index is -4.80. The molecule has 2 aliphatic heterocycles. The number of para-hydroxylation sites is 1. The number of rotatable bonds is 2. The van der Waals surface area contributed by atoms with Crippen molar-refractivity contribution in [3.05, 3.63) is 45.9 Å². The Morgan fingerprint density at radius 3 is 2.78 bits per heavy atom. The van der Waals surface area contributed by atoms with Crippen molar-refractivity contribution in [2.45, 2.75) is 6.36 Å². The molecular formula is C17H11BrClF3N4O. The van der Waals surface area contributed by atoms with Gasteiger partial charge in [-0.3, -0.25) is 4.99 Å². The number of aliphatic imine (C=N–C) groups is 2. The molecule has 0 unspecified atom stereocenters. The van der Waals surface area contributed by atoms with E-state index in [9.17, 15) is 13.2 Å². The van der Waals surface area contributed by atoms with Gasteiger partial charge in [0.1, 0.15) is 5.75 Å². The molecular weight excluding hydrogens is 449 g/mol. The summed E-state index contributed by atoms with van der Waals surface area (Å²) in [5.74, 6) is 0.703. The van der Waals surface area contributed by atoms with E-state index in [2.05, 4.69) is 36.0 Å². The van der Waals surface area contributed by atoms with Gasteiger partial charge in [0.25, 0.3) is 0 Å². The highest BCUT2D eigenvalue weighted by atomic mass is 79.9. The first-order chi connectivity index (χ1) is 12.8. The average Bonchev–Trinajstić information content (AvgIpc) is 3.06. The average molecular weight is 460 g/mol. The standard InChI is InChI=1S/C17H11BrClF3N4O/c18-10-2-1-3-12-14(10)26-7-6-23-16(26)15(25-12)24-9-4-5-13(11(19)8-9)27-17(20,21)22/h1-5,8H,6-7H2,(H,24,25). The number of amidine groups is 2. The minimum absolute atomic E-state index is 0.165. The highest BCUT2D eigenvalue weighted by Gasteiger charge is 2.33. The van der Waals surface area contributed by atoms with Gasteiger partial charge in [-0.05, 0) is 46.3 Å². The van der Waals surface area contributed by atoms with Crippen molar-refractivity contribution in [2.24, 2.45) is 9.98 Å². The first-order valence-corrected chi connectivity index (χ1v) is 9.01. The lowest BCUT2D eigenvalue weighted by Crippen LogP contribution is -2.39. The molecule has 10 heteroatoms. The van der Waals surface area contributed by atoms with Crippen LogP contribution in [0.25, 0.3) is 0 Å². The van der Waals surface area contributed by atoms with Crippen LogP contribution in [0, 0.1) is 0 Å². The molecule has 0 aromatic heterocycles. The van der Waals surface area contributed by atoms with E-state index in [0.717, 1.165) is 21.9 Å². The third-order valence-electron chi connectivity index (χ3n) is 3.94. The zero-order chi connectivity index (χ0) is 19.2. The summed E-state index contributed by atoms with van der Waals surface area (Å²) in [7, 11) is 0. The fourth-order valence-corrected chi connectivity index (χ4v) is 3.69. The first kappa shape index (κ1) is 18.1. The fourth-order valence-electron chi connectivity index (χ4n) is 2.91. The molecule has 2 aromatic carbocycles. The topological polar surface area (TPSA) is 49.2 Å². The summed E-state index contributed by atoms with van der Waals surface area (Å²) in [4.78, 5) is 11.1. The van der Waals surface area contributed by atoms with E-state index < -0.39 is 12.1 Å². The Bertz CT molecular complexity index is 977. The Balaban J connectivity index is 1.65. The third-order valence-corrected chi connectivity index (χ3v) is 4.88. The molecule has 0 spiro atoms. The minimum Gasteiger partial charge on any atom is -0.404 e. The number of halogens is 5. The van der Waals surface area contributed by atoms with Crippen molar-refractivity contribution in [3.63, 3.8) is 0 Å². The first-order valence-electron chi connectivity index (χ1n) is 7.84. The number of ether oxygens (including phenoxy) is 1. The summed E-state index contributed by atoms with van der Waals surface area (Å²) in [6, 6.07) is 9.63. The molecule has 0 fully saturated rings. The molecule has 140 valence electrons. The van der Waals surface area contributed by atoms with E-state index in [4.69, 9.17) is 11.6 Å². The number of nitrogens with one attached hydrogen (secondary N) is 1. The van der Waals surface area contributed by atoms with Crippen LogP contribution >= 0.6 is 27.5 Å². The van der Waals surface area contributed by atoms with Gasteiger partial charge in [-0.15, -0.1) is 13.2 Å². The summed E-state index contributed by atoms with van der Waals surface area (Å²) >= 11 is 9.45. The number of benzene rings is 2. The Hall–Kier alpha value is -2.26. The van der Waals surface area contributed by atoms with Gasteiger partial charge in [-0.1, -0.05) is 17.7 Å². The van der Waals surface area contributed by atoms with Crippen LogP contribution in [0.5, 0.6) is 5.75 Å². The van der Waals surface area contributed by atoms with Gasteiger partial charge in [0.2, 0.25) is 0 Å². The van der Waals surface area contributed by atoms with Gasteiger partial charge in [-0.25, -0.2) is 4.99 Å². The Morgan fingerprint density at radius 2 is 2.04 bits per heavy atom. The second kappa shape index (κ2) is 6.72. The van der Waals surface area contributed by atoms with E-state index >= 15 is 0 Å². The zero-order valence-electron chi connectivity index (χ0n) is 13.5. The SMILES string of the molecule is FC(F)(F)Oc1ccc(NC2=Nc3cccc(Br)c3N3CCN=C23)cc1Cl. The molecule has 0 bridgehead atoms. The van der Waals surface area contributed by atoms with Crippen LogP contribution in [0.2, 0.25) is 5.02 Å². The maximum absolute atomic E-state index is 12.4. The lowest BCUT2D eigenvalue weighted by atomic mass is 10.2. The zero-order valence-corrected chi connectivity index (χ0v) is 15.9. The van der Waals surface area contributed by atoms with Gasteiger partial charge in [0.05, 0.1) is 22.9 Å². The van der Waals surface area contributed by atoms with Crippen LogP contribution in [-0.4, -0.2) is 31.1 Å². The smallest absolute Gasteiger partial charge is 0.404 e. The van der Waals surface area contributed by atoms with E-state index in [0.29, 0.717) is 30.4 Å². The van der Waals surface area contributed by atoms with E-state index in [-0.39, 0.29) is 5.02 Å². The van der Waals surface area contributed by atoms with Gasteiger partial charge < -0.3 is 15.0 Å². The molecule has 2 aliphatic rings. The lowest BCUT2D eigenvalue weighted by molar-refractivity contribution is -0.274. The number of anilines is 2. The molecule has 0 saturated heterocycles. The molecule has 0 saturated carbocycles. The quantitative estimate of drug-likeness (QED) is 0.656. The second-order valence-electron chi connectivity index (χ2n) is 5.74. The van der Waals surface area contributed by atoms with Crippen molar-refractivity contribution in [1.29, 1.82) is 0 Å². The van der Waals surface area contributed by atoms with Crippen molar-refractivity contribution < 1.29 is 17.9 Å². The molecule has 0 radical (unpaired) electrons. The molecule has 0 amide bonds. The van der Waals surface area contributed by atoms with Crippen LogP contribution in [0.1, 0.15) is 0 Å². The molecule has 27 heavy (non-hydrogen) atoms. The lowest BCUT2D eigenvalue weighted by Gasteiger charge is -2.28. The van der Waals surface area contributed by atoms with Gasteiger partial charge >= 0.3 is 6.36 Å². The number of hydrogen-bond donors (Lipinski definition) is 1. The highest BCUT2D eigenvalue weighted by Crippen LogP contribution is 2.40. The van der Waals surface area contributed by atoms with E-state index in [1.807, 2.05) is 23.1 Å². The predicted molar refractivity (Wildman–Crippen MR) is 103 cm³/mol. The van der Waals surface area contributed by atoms with Crippen LogP contribution in [0.4, 0.5) is 30.2 Å². The Kier molecular flexibility index (Phi) is 4.51. The molecule has 2 aromatic rings. The summed E-state index contributed by atoms with van der Waals surface area (Å²) in [6.07, 6.45) is -4.80. The van der Waals surface area contributed by atoms with E-state index in [1.165, 1.54) is 12.1 Å². The normalized spacial score (nSPS) is 15.7. The molecule has 4 rings (SSSR count). The molecule has 1 N–H and O–H groups in total. The maximum atomic E-state index is 12.4. The Labute approximate surface area is 165 Å². The van der Waals surface area contributed by atoms with Crippen molar-refractivity contribution >= 4 is 56.3 Å². The van der Waals surface area contributed by atoms with Gasteiger partial charge in [0.15, 0.2) is 11.7 Å². The summed E-state index contributed by atoms with van der Waals surface area (Å²) in [6.45, 7) is 1.33. The summed E-state index contributed by atoms with van der Waals surface area (Å²) in [5.41, 5.74) is 2.17. The van der Waals surface area contributed by atoms with Crippen LogP contribution in [0.15, 0.2) is 50.9 Å². The second-order valence-corrected chi connectivity index (χ2v) is 7.00. The summed E-state index contributed by atoms with van der Waals surface area (Å²) in [5, 5.41) is 2.92. The largest absolute Gasteiger partial charge is 0.573 e. The number of fused-ring (bicyclic) bond motifs is 3. The summed E-state index contributed by atoms with van der Waals surface area (Å²) < 4.78 is 41.9. The molecule has 0 atom stereocenters. The highest BCUT2D eigenvalue weighted by molar-refractivity contribution is 9.10. The number of hydrogen-bond acceptors (Lipinski definition) is 5. The molecule has 2 heterocycles. The number of alkyl halides is 3. The molecule has 5 nitrogen and oxygen atoms in total. The number of nitrogens with zero attached hydrogens (tertiary/aromatic N) is 3. The fraction of sp³-hybridized carbons (Fsp3) is 0.176. The van der Waals surface area contributed by atoms with Crippen LogP contribution < -0.4 is 15.0 Å². The van der Waals surface area contributed by atoms with Crippen LogP contribution in [0.3, 0.4) is 0 Å². The third kappa shape index (κ3) is 3.61. The molecule has 0 aliphatic carbocycles. The van der Waals surface area contributed by atoms with Crippen molar-refractivity contribution in [2.75, 3.05) is 23.3 Å². The monoisotopic (exact) mass is 458 g/mol. The Morgan fingerprint density at radius 1 is 1.22 bits per heavy atom. The maximum Gasteiger partial charge on any atom is 0.573 e. The predicted octanol–water partition coefficient (Wildman–Crippen LogP) is 5.38. The van der Waals surface area contributed by atoms with Crippen molar-refractivity contribution in [3.8, 4) is 5.75 Å². The van der Waals surface area contributed by atoms with Gasteiger partial charge in [-0.2, -0.15) is 0 Å². The van der Waals surface area contributed by atoms with Gasteiger partial charge in [0, 0.05) is 16.7 Å². The van der Waals surface area contributed by atoms with Crippen LogP contribution in [-0.2, 0) is 0 Å².